The van der Waals surface area contributed by atoms with Crippen LogP contribution in [-0.4, -0.2) is 5.88 Å². The molecule has 0 aliphatic carbocycles. The van der Waals surface area contributed by atoms with E-state index in [-0.39, 0.29) is 5.56 Å². The lowest BCUT2D eigenvalue weighted by molar-refractivity contribution is -0.140. The van der Waals surface area contributed by atoms with Crippen molar-refractivity contribution >= 4 is 17.7 Å². The summed E-state index contributed by atoms with van der Waals surface area (Å²) in [6.45, 7) is 0. The minimum atomic E-state index is -4.69. The first kappa shape index (κ1) is 13.0. The van der Waals surface area contributed by atoms with Crippen molar-refractivity contribution in [2.24, 2.45) is 0 Å². The largest absolute Gasteiger partial charge is 0.419 e. The maximum Gasteiger partial charge on any atom is 0.419 e. The SMILES string of the molecule is Fc1cccc(C=CCCCl)c1C(F)(F)F. The van der Waals surface area contributed by atoms with E-state index in [9.17, 15) is 17.6 Å². The molecule has 0 unspecified atom stereocenters. The number of hydrogen-bond donors (Lipinski definition) is 0. The average Bonchev–Trinajstić information content (AvgIpc) is 2.16. The molecule has 5 heteroatoms. The van der Waals surface area contributed by atoms with Crippen LogP contribution in [0.1, 0.15) is 17.5 Å². The molecule has 0 atom stereocenters. The Labute approximate surface area is 95.5 Å². The Morgan fingerprint density at radius 3 is 2.50 bits per heavy atom. The zero-order chi connectivity index (χ0) is 12.2. The summed E-state index contributed by atoms with van der Waals surface area (Å²) in [6, 6.07) is 3.25. The Hall–Kier alpha value is -1.03. The van der Waals surface area contributed by atoms with Crippen LogP contribution < -0.4 is 0 Å². The van der Waals surface area contributed by atoms with Gasteiger partial charge in [0.1, 0.15) is 5.82 Å². The Morgan fingerprint density at radius 1 is 1.25 bits per heavy atom. The maximum atomic E-state index is 13.1. The van der Waals surface area contributed by atoms with Crippen LogP contribution in [0.15, 0.2) is 24.3 Å². The van der Waals surface area contributed by atoms with Crippen molar-refractivity contribution in [2.75, 3.05) is 5.88 Å². The zero-order valence-electron chi connectivity index (χ0n) is 8.19. The Kier molecular flexibility index (Phi) is 4.35. The first-order valence-electron chi connectivity index (χ1n) is 4.55. The molecule has 0 fully saturated rings. The van der Waals surface area contributed by atoms with E-state index in [1.165, 1.54) is 24.3 Å². The van der Waals surface area contributed by atoms with Gasteiger partial charge in [0.15, 0.2) is 0 Å². The molecule has 16 heavy (non-hydrogen) atoms. The molecule has 0 heterocycles. The molecule has 88 valence electrons. The summed E-state index contributed by atoms with van der Waals surface area (Å²) in [6.07, 6.45) is -1.54. The summed E-state index contributed by atoms with van der Waals surface area (Å²) in [5, 5.41) is 0. The number of alkyl halides is 4. The van der Waals surface area contributed by atoms with Crippen LogP contribution >= 0.6 is 11.6 Å². The first-order chi connectivity index (χ1) is 7.46. The third kappa shape index (κ3) is 3.23. The van der Waals surface area contributed by atoms with E-state index in [1.54, 1.807) is 0 Å². The molecule has 0 radical (unpaired) electrons. The summed E-state index contributed by atoms with van der Waals surface area (Å²) >= 11 is 5.38. The summed E-state index contributed by atoms with van der Waals surface area (Å²) in [5.74, 6) is -0.951. The lowest BCUT2D eigenvalue weighted by atomic mass is 10.1. The van der Waals surface area contributed by atoms with Crippen molar-refractivity contribution < 1.29 is 17.6 Å². The van der Waals surface area contributed by atoms with E-state index in [1.807, 2.05) is 0 Å². The van der Waals surface area contributed by atoms with Crippen LogP contribution in [-0.2, 0) is 6.18 Å². The average molecular weight is 253 g/mol. The molecular formula is C11H9ClF4. The number of hydrogen-bond acceptors (Lipinski definition) is 0. The minimum Gasteiger partial charge on any atom is -0.206 e. The van der Waals surface area contributed by atoms with Gasteiger partial charge in [0.25, 0.3) is 0 Å². The maximum absolute atomic E-state index is 13.1. The predicted molar refractivity (Wildman–Crippen MR) is 55.8 cm³/mol. The van der Waals surface area contributed by atoms with Gasteiger partial charge < -0.3 is 0 Å². The van der Waals surface area contributed by atoms with Gasteiger partial charge in [-0.25, -0.2) is 4.39 Å². The van der Waals surface area contributed by atoms with Crippen LogP contribution in [0.5, 0.6) is 0 Å². The van der Waals surface area contributed by atoms with Crippen LogP contribution in [0.2, 0.25) is 0 Å². The van der Waals surface area contributed by atoms with Gasteiger partial charge in [-0.15, -0.1) is 11.6 Å². The summed E-state index contributed by atoms with van der Waals surface area (Å²) in [7, 11) is 0. The smallest absolute Gasteiger partial charge is 0.206 e. The van der Waals surface area contributed by atoms with Crippen molar-refractivity contribution in [3.63, 3.8) is 0 Å². The first-order valence-corrected chi connectivity index (χ1v) is 5.08. The van der Waals surface area contributed by atoms with Gasteiger partial charge in [0.2, 0.25) is 0 Å². The van der Waals surface area contributed by atoms with E-state index >= 15 is 0 Å². The fraction of sp³-hybridized carbons (Fsp3) is 0.273. The van der Waals surface area contributed by atoms with Crippen molar-refractivity contribution in [1.29, 1.82) is 0 Å². The standard InChI is InChI=1S/C11H9ClF4/c12-7-2-1-4-8-5-3-6-9(13)10(8)11(14,15)16/h1,3-6H,2,7H2. The number of allylic oxidation sites excluding steroid dienone is 1. The molecule has 0 bridgehead atoms. The molecule has 0 spiro atoms. The molecule has 1 rings (SSSR count). The number of rotatable bonds is 3. The third-order valence-electron chi connectivity index (χ3n) is 1.90. The van der Waals surface area contributed by atoms with Gasteiger partial charge in [-0.2, -0.15) is 13.2 Å². The topological polar surface area (TPSA) is 0 Å². The van der Waals surface area contributed by atoms with Crippen LogP contribution in [0.4, 0.5) is 17.6 Å². The molecule has 1 aromatic carbocycles. The van der Waals surface area contributed by atoms with Gasteiger partial charge >= 0.3 is 6.18 Å². The van der Waals surface area contributed by atoms with Crippen molar-refractivity contribution in [3.8, 4) is 0 Å². The quantitative estimate of drug-likeness (QED) is 0.549. The van der Waals surface area contributed by atoms with Gasteiger partial charge in [0.05, 0.1) is 5.56 Å². The molecule has 0 aromatic heterocycles. The highest BCUT2D eigenvalue weighted by Gasteiger charge is 2.35. The highest BCUT2D eigenvalue weighted by atomic mass is 35.5. The van der Waals surface area contributed by atoms with Crippen molar-refractivity contribution in [1.82, 2.24) is 0 Å². The van der Waals surface area contributed by atoms with E-state index in [0.29, 0.717) is 12.3 Å². The lowest BCUT2D eigenvalue weighted by Gasteiger charge is -2.10. The molecule has 0 N–H and O–H groups in total. The molecule has 0 saturated carbocycles. The number of benzene rings is 1. The Morgan fingerprint density at radius 2 is 1.94 bits per heavy atom. The zero-order valence-corrected chi connectivity index (χ0v) is 8.95. The molecule has 0 saturated heterocycles. The molecule has 0 aliphatic rings. The highest BCUT2D eigenvalue weighted by molar-refractivity contribution is 6.17. The fourth-order valence-electron chi connectivity index (χ4n) is 1.25. The molecule has 0 amide bonds. The molecule has 0 aliphatic heterocycles. The molecule has 0 nitrogen and oxygen atoms in total. The van der Waals surface area contributed by atoms with Crippen LogP contribution in [0, 0.1) is 5.82 Å². The lowest BCUT2D eigenvalue weighted by Crippen LogP contribution is -2.10. The Balaban J connectivity index is 3.14. The van der Waals surface area contributed by atoms with Gasteiger partial charge in [-0.3, -0.25) is 0 Å². The second-order valence-electron chi connectivity index (χ2n) is 3.08. The van der Waals surface area contributed by atoms with Gasteiger partial charge in [-0.05, 0) is 18.1 Å². The second-order valence-corrected chi connectivity index (χ2v) is 3.46. The highest BCUT2D eigenvalue weighted by Crippen LogP contribution is 2.34. The normalized spacial score (nSPS) is 12.3. The van der Waals surface area contributed by atoms with Crippen molar-refractivity contribution in [2.45, 2.75) is 12.6 Å². The number of halogens is 5. The summed E-state index contributed by atoms with van der Waals surface area (Å²) in [5.41, 5.74) is -1.42. The van der Waals surface area contributed by atoms with E-state index in [0.717, 1.165) is 6.07 Å². The summed E-state index contributed by atoms with van der Waals surface area (Å²) < 4.78 is 50.6. The predicted octanol–water partition coefficient (Wildman–Crippen LogP) is 4.49. The van der Waals surface area contributed by atoms with E-state index in [2.05, 4.69) is 0 Å². The third-order valence-corrected chi connectivity index (χ3v) is 2.12. The van der Waals surface area contributed by atoms with Crippen LogP contribution in [0.25, 0.3) is 6.08 Å². The van der Waals surface area contributed by atoms with E-state index in [4.69, 9.17) is 11.6 Å². The monoisotopic (exact) mass is 252 g/mol. The molecule has 1 aromatic rings. The van der Waals surface area contributed by atoms with Gasteiger partial charge in [-0.1, -0.05) is 24.3 Å². The summed E-state index contributed by atoms with van der Waals surface area (Å²) in [4.78, 5) is 0. The molecular weight excluding hydrogens is 244 g/mol. The second kappa shape index (κ2) is 5.34. The van der Waals surface area contributed by atoms with Crippen LogP contribution in [0.3, 0.4) is 0 Å². The van der Waals surface area contributed by atoms with Gasteiger partial charge in [0, 0.05) is 5.88 Å². The fourth-order valence-corrected chi connectivity index (χ4v) is 1.38. The van der Waals surface area contributed by atoms with Crippen molar-refractivity contribution in [3.05, 3.63) is 41.2 Å². The minimum absolute atomic E-state index is 0.183. The Bertz CT molecular complexity index is 382. The van der Waals surface area contributed by atoms with E-state index < -0.39 is 17.6 Å².